The number of carbonyl (C=O) groups is 1. The first-order valence-corrected chi connectivity index (χ1v) is 7.09. The number of amides is 1. The second kappa shape index (κ2) is 6.57. The van der Waals surface area contributed by atoms with Gasteiger partial charge in [-0.3, -0.25) is 4.79 Å². The Balaban J connectivity index is 1.90. The lowest BCUT2D eigenvalue weighted by Gasteiger charge is -2.10. The lowest BCUT2D eigenvalue weighted by atomic mass is 10.2. The lowest BCUT2D eigenvalue weighted by molar-refractivity contribution is -0.118. The SMILES string of the molecule is Cc1ccc(OCC(=O)Nc2ccc(Br)cc2C)cc1. The molecule has 104 valence electrons. The van der Waals surface area contributed by atoms with Gasteiger partial charge in [-0.15, -0.1) is 0 Å². The van der Waals surface area contributed by atoms with Crippen molar-refractivity contribution in [1.29, 1.82) is 0 Å². The van der Waals surface area contributed by atoms with Crippen molar-refractivity contribution in [2.75, 3.05) is 11.9 Å². The van der Waals surface area contributed by atoms with Gasteiger partial charge in [0.1, 0.15) is 5.75 Å². The van der Waals surface area contributed by atoms with Crippen molar-refractivity contribution in [2.45, 2.75) is 13.8 Å². The third-order valence-electron chi connectivity index (χ3n) is 2.85. The van der Waals surface area contributed by atoms with Crippen molar-refractivity contribution in [3.63, 3.8) is 0 Å². The zero-order valence-corrected chi connectivity index (χ0v) is 13.0. The number of rotatable bonds is 4. The van der Waals surface area contributed by atoms with Crippen molar-refractivity contribution in [3.05, 3.63) is 58.1 Å². The van der Waals surface area contributed by atoms with Crippen LogP contribution >= 0.6 is 15.9 Å². The maximum Gasteiger partial charge on any atom is 0.262 e. The molecule has 1 amide bonds. The smallest absolute Gasteiger partial charge is 0.262 e. The molecule has 0 aliphatic rings. The molecule has 3 nitrogen and oxygen atoms in total. The van der Waals surface area contributed by atoms with E-state index in [0.29, 0.717) is 5.75 Å². The highest BCUT2D eigenvalue weighted by Gasteiger charge is 2.06. The molecule has 0 unspecified atom stereocenters. The van der Waals surface area contributed by atoms with E-state index >= 15 is 0 Å². The number of ether oxygens (including phenoxy) is 1. The summed E-state index contributed by atoms with van der Waals surface area (Å²) in [5.74, 6) is 0.522. The third-order valence-corrected chi connectivity index (χ3v) is 3.35. The monoisotopic (exact) mass is 333 g/mol. The zero-order valence-electron chi connectivity index (χ0n) is 11.4. The molecule has 0 saturated carbocycles. The Bertz CT molecular complexity index is 608. The number of nitrogens with one attached hydrogen (secondary N) is 1. The number of halogens is 1. The second-order valence-corrected chi connectivity index (χ2v) is 5.52. The standard InChI is InChI=1S/C16H16BrNO2/c1-11-3-6-14(7-4-11)20-10-16(19)18-15-8-5-13(17)9-12(15)2/h3-9H,10H2,1-2H3,(H,18,19). The normalized spacial score (nSPS) is 10.2. The van der Waals surface area contributed by atoms with Gasteiger partial charge in [-0.1, -0.05) is 33.6 Å². The van der Waals surface area contributed by atoms with Crippen molar-refractivity contribution in [1.82, 2.24) is 0 Å². The van der Waals surface area contributed by atoms with Crippen LogP contribution in [0.1, 0.15) is 11.1 Å². The van der Waals surface area contributed by atoms with Crippen molar-refractivity contribution in [2.24, 2.45) is 0 Å². The fourth-order valence-corrected chi connectivity index (χ4v) is 2.21. The molecule has 0 fully saturated rings. The first-order chi connectivity index (χ1) is 9.54. The van der Waals surface area contributed by atoms with E-state index in [1.807, 2.05) is 56.3 Å². The minimum absolute atomic E-state index is 0.00142. The number of hydrogen-bond donors (Lipinski definition) is 1. The fourth-order valence-electron chi connectivity index (χ4n) is 1.74. The number of benzene rings is 2. The first kappa shape index (κ1) is 14.6. The van der Waals surface area contributed by atoms with E-state index in [4.69, 9.17) is 4.74 Å². The average Bonchev–Trinajstić information content (AvgIpc) is 2.41. The van der Waals surface area contributed by atoms with Gasteiger partial charge in [0, 0.05) is 10.2 Å². The number of hydrogen-bond acceptors (Lipinski definition) is 2. The van der Waals surface area contributed by atoms with Gasteiger partial charge in [0.05, 0.1) is 0 Å². The highest BCUT2D eigenvalue weighted by Crippen LogP contribution is 2.20. The zero-order chi connectivity index (χ0) is 14.5. The molecule has 2 aromatic rings. The molecule has 0 aromatic heterocycles. The van der Waals surface area contributed by atoms with Gasteiger partial charge in [0.2, 0.25) is 0 Å². The van der Waals surface area contributed by atoms with Crippen LogP contribution in [-0.2, 0) is 4.79 Å². The maximum absolute atomic E-state index is 11.8. The van der Waals surface area contributed by atoms with Gasteiger partial charge < -0.3 is 10.1 Å². The van der Waals surface area contributed by atoms with E-state index in [2.05, 4.69) is 21.2 Å². The molecule has 20 heavy (non-hydrogen) atoms. The summed E-state index contributed by atoms with van der Waals surface area (Å²) in [5, 5.41) is 2.83. The number of carbonyl (C=O) groups excluding carboxylic acids is 1. The largest absolute Gasteiger partial charge is 0.484 e. The molecular weight excluding hydrogens is 318 g/mol. The molecule has 0 aliphatic carbocycles. The maximum atomic E-state index is 11.8. The summed E-state index contributed by atoms with van der Waals surface area (Å²) in [7, 11) is 0. The van der Waals surface area contributed by atoms with Crippen LogP contribution in [0.3, 0.4) is 0 Å². The molecule has 0 bridgehead atoms. The summed E-state index contributed by atoms with van der Waals surface area (Å²) < 4.78 is 6.43. The Labute approximate surface area is 127 Å². The third kappa shape index (κ3) is 4.10. The van der Waals surface area contributed by atoms with Crippen LogP contribution in [0.2, 0.25) is 0 Å². The van der Waals surface area contributed by atoms with Gasteiger partial charge >= 0.3 is 0 Å². The van der Waals surface area contributed by atoms with Crippen LogP contribution in [0.5, 0.6) is 5.75 Å². The molecule has 4 heteroatoms. The van der Waals surface area contributed by atoms with Crippen molar-refractivity contribution >= 4 is 27.5 Å². The number of aryl methyl sites for hydroxylation is 2. The van der Waals surface area contributed by atoms with Gasteiger partial charge in [-0.25, -0.2) is 0 Å². The summed E-state index contributed by atoms with van der Waals surface area (Å²) in [5.41, 5.74) is 2.96. The molecule has 2 rings (SSSR count). The molecule has 0 radical (unpaired) electrons. The van der Waals surface area contributed by atoms with E-state index < -0.39 is 0 Å². The predicted molar refractivity (Wildman–Crippen MR) is 84.2 cm³/mol. The minimum Gasteiger partial charge on any atom is -0.484 e. The topological polar surface area (TPSA) is 38.3 Å². The molecule has 0 heterocycles. The van der Waals surface area contributed by atoms with Crippen LogP contribution in [0.25, 0.3) is 0 Å². The van der Waals surface area contributed by atoms with Gasteiger partial charge in [0.15, 0.2) is 6.61 Å². The van der Waals surface area contributed by atoms with Crippen LogP contribution in [0.15, 0.2) is 46.9 Å². The van der Waals surface area contributed by atoms with Gasteiger partial charge in [-0.2, -0.15) is 0 Å². The molecule has 2 aromatic carbocycles. The van der Waals surface area contributed by atoms with Crippen LogP contribution in [0, 0.1) is 13.8 Å². The average molecular weight is 334 g/mol. The van der Waals surface area contributed by atoms with Gasteiger partial charge in [-0.05, 0) is 49.7 Å². The van der Waals surface area contributed by atoms with Gasteiger partial charge in [0.25, 0.3) is 5.91 Å². The van der Waals surface area contributed by atoms with Crippen LogP contribution in [-0.4, -0.2) is 12.5 Å². The molecule has 0 aliphatic heterocycles. The van der Waals surface area contributed by atoms with E-state index in [-0.39, 0.29) is 12.5 Å². The Morgan fingerprint density at radius 1 is 1.15 bits per heavy atom. The van der Waals surface area contributed by atoms with E-state index in [1.165, 1.54) is 0 Å². The lowest BCUT2D eigenvalue weighted by Crippen LogP contribution is -2.20. The van der Waals surface area contributed by atoms with Crippen molar-refractivity contribution in [3.8, 4) is 5.75 Å². The summed E-state index contributed by atoms with van der Waals surface area (Å²) >= 11 is 3.39. The Kier molecular flexibility index (Phi) is 4.79. The quantitative estimate of drug-likeness (QED) is 0.915. The Morgan fingerprint density at radius 2 is 1.85 bits per heavy atom. The first-order valence-electron chi connectivity index (χ1n) is 6.30. The van der Waals surface area contributed by atoms with E-state index in [9.17, 15) is 4.79 Å². The molecule has 0 saturated heterocycles. The highest BCUT2D eigenvalue weighted by molar-refractivity contribution is 9.10. The second-order valence-electron chi connectivity index (χ2n) is 4.61. The Hall–Kier alpha value is -1.81. The fraction of sp³-hybridized carbons (Fsp3) is 0.188. The predicted octanol–water partition coefficient (Wildman–Crippen LogP) is 4.08. The molecule has 0 atom stereocenters. The Morgan fingerprint density at radius 3 is 2.50 bits per heavy atom. The van der Waals surface area contributed by atoms with Crippen molar-refractivity contribution < 1.29 is 9.53 Å². The number of anilines is 1. The van der Waals surface area contributed by atoms with Crippen LogP contribution < -0.4 is 10.1 Å². The van der Waals surface area contributed by atoms with E-state index in [0.717, 1.165) is 21.3 Å². The minimum atomic E-state index is -0.170. The molecular formula is C16H16BrNO2. The summed E-state index contributed by atoms with van der Waals surface area (Å²) in [4.78, 5) is 11.8. The summed E-state index contributed by atoms with van der Waals surface area (Å²) in [6.07, 6.45) is 0. The van der Waals surface area contributed by atoms with E-state index in [1.54, 1.807) is 0 Å². The highest BCUT2D eigenvalue weighted by atomic mass is 79.9. The summed E-state index contributed by atoms with van der Waals surface area (Å²) in [6, 6.07) is 13.3. The van der Waals surface area contributed by atoms with Crippen LogP contribution in [0.4, 0.5) is 5.69 Å². The molecule has 0 spiro atoms. The summed E-state index contributed by atoms with van der Waals surface area (Å²) in [6.45, 7) is 3.95. The molecule has 1 N–H and O–H groups in total.